The van der Waals surface area contributed by atoms with Gasteiger partial charge in [-0.15, -0.1) is 0 Å². The molecule has 12 nitrogen and oxygen atoms in total. The van der Waals surface area contributed by atoms with Crippen LogP contribution in [0.4, 0.5) is 11.4 Å². The molecule has 3 rings (SSSR count). The maximum Gasteiger partial charge on any atom is 0.265 e. The first kappa shape index (κ1) is 28.5. The van der Waals surface area contributed by atoms with Crippen LogP contribution in [0.15, 0.2) is 58.3 Å². The minimum Gasteiger partial charge on any atom is -0.497 e. The van der Waals surface area contributed by atoms with E-state index in [4.69, 9.17) is 28.4 Å². The highest BCUT2D eigenvalue weighted by atomic mass is 32.2. The molecule has 0 aromatic heterocycles. The number of benzene rings is 3. The van der Waals surface area contributed by atoms with Gasteiger partial charge in [0, 0.05) is 18.2 Å². The summed E-state index contributed by atoms with van der Waals surface area (Å²) in [6.45, 7) is 0. The molecule has 2 N–H and O–H groups in total. The van der Waals surface area contributed by atoms with Crippen molar-refractivity contribution in [3.05, 3.63) is 48.5 Å². The SMILES string of the molecule is COc1ccc(OC)c(NS(=O)(=O)c2cc(S(=O)(=O)Nc3cc(OC)ccc3OC)c(OC)cc2OC)c1. The molecular weight excluding hydrogens is 540 g/mol. The summed E-state index contributed by atoms with van der Waals surface area (Å²) in [7, 11) is -0.762. The van der Waals surface area contributed by atoms with Crippen molar-refractivity contribution in [2.75, 3.05) is 52.1 Å². The van der Waals surface area contributed by atoms with Crippen molar-refractivity contribution < 1.29 is 45.3 Å². The first-order valence-corrected chi connectivity index (χ1v) is 13.8. The fraction of sp³-hybridized carbons (Fsp3) is 0.250. The molecule has 0 spiro atoms. The van der Waals surface area contributed by atoms with Crippen LogP contribution in [0.25, 0.3) is 0 Å². The van der Waals surface area contributed by atoms with Crippen molar-refractivity contribution in [3.63, 3.8) is 0 Å². The lowest BCUT2D eigenvalue weighted by Gasteiger charge is -2.18. The molecule has 38 heavy (non-hydrogen) atoms. The van der Waals surface area contributed by atoms with Crippen LogP contribution in [0.2, 0.25) is 0 Å². The minimum absolute atomic E-state index is 0.0633. The number of hydrogen-bond donors (Lipinski definition) is 2. The number of ether oxygens (including phenoxy) is 6. The van der Waals surface area contributed by atoms with Crippen molar-refractivity contribution in [1.29, 1.82) is 0 Å². The lowest BCUT2D eigenvalue weighted by Crippen LogP contribution is -2.18. The van der Waals surface area contributed by atoms with Crippen molar-refractivity contribution in [3.8, 4) is 34.5 Å². The number of sulfonamides is 2. The summed E-state index contributed by atoms with van der Waals surface area (Å²) in [5.41, 5.74) is 0.127. The van der Waals surface area contributed by atoms with E-state index in [0.29, 0.717) is 11.5 Å². The van der Waals surface area contributed by atoms with E-state index in [-0.39, 0.29) is 34.4 Å². The molecule has 3 aromatic rings. The zero-order chi connectivity index (χ0) is 28.1. The Morgan fingerprint density at radius 1 is 0.474 bits per heavy atom. The Kier molecular flexibility index (Phi) is 8.68. The van der Waals surface area contributed by atoms with Crippen LogP contribution in [0.5, 0.6) is 34.5 Å². The Hall–Kier alpha value is -4.04. The van der Waals surface area contributed by atoms with Crippen LogP contribution in [0.1, 0.15) is 0 Å². The van der Waals surface area contributed by atoms with Crippen molar-refractivity contribution in [2.24, 2.45) is 0 Å². The van der Waals surface area contributed by atoms with Gasteiger partial charge in [0.2, 0.25) is 0 Å². The number of hydrogen-bond acceptors (Lipinski definition) is 10. The second kappa shape index (κ2) is 11.6. The average Bonchev–Trinajstić information content (AvgIpc) is 2.91. The molecule has 0 bridgehead atoms. The zero-order valence-corrected chi connectivity index (χ0v) is 23.2. The van der Waals surface area contributed by atoms with Crippen LogP contribution in [-0.4, -0.2) is 59.5 Å². The van der Waals surface area contributed by atoms with Crippen LogP contribution in [-0.2, 0) is 20.0 Å². The molecule has 14 heteroatoms. The summed E-state index contributed by atoms with van der Waals surface area (Å²) in [4.78, 5) is -0.938. The molecule has 3 aromatic carbocycles. The number of methoxy groups -OCH3 is 6. The van der Waals surface area contributed by atoms with Crippen molar-refractivity contribution in [1.82, 2.24) is 0 Å². The highest BCUT2D eigenvalue weighted by Crippen LogP contribution is 2.39. The summed E-state index contributed by atoms with van der Waals surface area (Å²) in [5.74, 6) is 0.834. The smallest absolute Gasteiger partial charge is 0.265 e. The summed E-state index contributed by atoms with van der Waals surface area (Å²) in [6, 6.07) is 11.1. The second-order valence-electron chi connectivity index (χ2n) is 7.50. The number of anilines is 2. The molecule has 0 unspecified atom stereocenters. The molecule has 0 aliphatic heterocycles. The molecule has 0 heterocycles. The van der Waals surface area contributed by atoms with Gasteiger partial charge in [0.1, 0.15) is 44.3 Å². The fourth-order valence-corrected chi connectivity index (χ4v) is 6.00. The monoisotopic (exact) mass is 568 g/mol. The first-order valence-electron chi connectivity index (χ1n) is 10.8. The Morgan fingerprint density at radius 2 is 0.842 bits per heavy atom. The number of nitrogens with one attached hydrogen (secondary N) is 2. The molecule has 0 aliphatic rings. The minimum atomic E-state index is -4.42. The van der Waals surface area contributed by atoms with Crippen molar-refractivity contribution in [2.45, 2.75) is 9.79 Å². The summed E-state index contributed by atoms with van der Waals surface area (Å²) in [5, 5.41) is 0. The Bertz CT molecular complexity index is 1410. The lowest BCUT2D eigenvalue weighted by atomic mass is 10.3. The Labute approximate surface area is 221 Å². The molecule has 0 fully saturated rings. The summed E-state index contributed by atoms with van der Waals surface area (Å²) in [6.07, 6.45) is 0. The van der Waals surface area contributed by atoms with Crippen LogP contribution >= 0.6 is 0 Å². The topological polar surface area (TPSA) is 148 Å². The van der Waals surface area contributed by atoms with E-state index in [2.05, 4.69) is 9.44 Å². The van der Waals surface area contributed by atoms with Gasteiger partial charge in [0.25, 0.3) is 20.0 Å². The lowest BCUT2D eigenvalue weighted by molar-refractivity contribution is 0.379. The third-order valence-corrected chi connectivity index (χ3v) is 8.10. The van der Waals surface area contributed by atoms with Crippen LogP contribution in [0.3, 0.4) is 0 Å². The standard InChI is InChI=1S/C24H28N2O10S2/c1-31-15-7-9-19(33-3)17(11-15)25-37(27,28)23-14-24(22(36-6)13-21(23)35-5)38(29,30)26-18-12-16(32-2)8-10-20(18)34-4/h7-14,25-26H,1-6H3. The third-order valence-electron chi connectivity index (χ3n) is 5.33. The molecule has 0 atom stereocenters. The molecule has 0 saturated heterocycles. The van der Waals surface area contributed by atoms with E-state index in [1.165, 1.54) is 66.9 Å². The van der Waals surface area contributed by atoms with E-state index in [9.17, 15) is 16.8 Å². The summed E-state index contributed by atoms with van der Waals surface area (Å²) < 4.78 is 90.1. The van der Waals surface area contributed by atoms with E-state index in [1.807, 2.05) is 0 Å². The predicted molar refractivity (Wildman–Crippen MR) is 140 cm³/mol. The van der Waals surface area contributed by atoms with Gasteiger partial charge in [-0.05, 0) is 30.3 Å². The van der Waals surface area contributed by atoms with Gasteiger partial charge in [0.05, 0.1) is 54.0 Å². The largest absolute Gasteiger partial charge is 0.497 e. The Balaban J connectivity index is 2.15. The van der Waals surface area contributed by atoms with Gasteiger partial charge in [-0.3, -0.25) is 9.44 Å². The van der Waals surface area contributed by atoms with Gasteiger partial charge in [-0.25, -0.2) is 16.8 Å². The molecule has 0 amide bonds. The molecular formula is C24H28N2O10S2. The summed E-state index contributed by atoms with van der Waals surface area (Å²) >= 11 is 0. The first-order chi connectivity index (χ1) is 18.0. The van der Waals surface area contributed by atoms with Gasteiger partial charge in [-0.1, -0.05) is 0 Å². The molecule has 0 radical (unpaired) electrons. The van der Waals surface area contributed by atoms with Crippen molar-refractivity contribution >= 4 is 31.4 Å². The Morgan fingerprint density at radius 3 is 1.16 bits per heavy atom. The van der Waals surface area contributed by atoms with Gasteiger partial charge < -0.3 is 28.4 Å². The van der Waals surface area contributed by atoms with Gasteiger partial charge in [-0.2, -0.15) is 0 Å². The van der Waals surface area contributed by atoms with Gasteiger partial charge >= 0.3 is 0 Å². The average molecular weight is 569 g/mol. The van der Waals surface area contributed by atoms with Crippen LogP contribution in [0, 0.1) is 0 Å². The van der Waals surface area contributed by atoms with E-state index < -0.39 is 29.8 Å². The quantitative estimate of drug-likeness (QED) is 0.333. The number of rotatable bonds is 12. The molecule has 0 aliphatic carbocycles. The van der Waals surface area contributed by atoms with Gasteiger partial charge in [0.15, 0.2) is 0 Å². The van der Waals surface area contributed by atoms with E-state index in [1.54, 1.807) is 12.1 Å². The maximum absolute atomic E-state index is 13.5. The normalized spacial score (nSPS) is 11.3. The van der Waals surface area contributed by atoms with E-state index in [0.717, 1.165) is 12.1 Å². The highest BCUT2D eigenvalue weighted by molar-refractivity contribution is 7.93. The highest BCUT2D eigenvalue weighted by Gasteiger charge is 2.29. The zero-order valence-electron chi connectivity index (χ0n) is 21.5. The fourth-order valence-electron chi connectivity index (χ4n) is 3.45. The predicted octanol–water partition coefficient (Wildman–Crippen LogP) is 3.34. The van der Waals surface area contributed by atoms with E-state index >= 15 is 0 Å². The third kappa shape index (κ3) is 5.92. The second-order valence-corrected chi connectivity index (χ2v) is 10.8. The maximum atomic E-state index is 13.5. The van der Waals surface area contributed by atoms with Crippen LogP contribution < -0.4 is 37.9 Å². The molecule has 206 valence electrons. The molecule has 0 saturated carbocycles.